The fourth-order valence-electron chi connectivity index (χ4n) is 2.74. The Hall–Kier alpha value is -1.02. The molecule has 0 saturated heterocycles. The number of hydrogen-bond donors (Lipinski definition) is 1. The predicted molar refractivity (Wildman–Crippen MR) is 69.5 cm³/mol. The van der Waals surface area contributed by atoms with Gasteiger partial charge in [-0.05, 0) is 36.0 Å². The lowest BCUT2D eigenvalue weighted by molar-refractivity contribution is 0.201. The summed E-state index contributed by atoms with van der Waals surface area (Å²) < 4.78 is 5.38. The maximum atomic E-state index is 8.70. The molecule has 0 aromatic heterocycles. The van der Waals surface area contributed by atoms with Gasteiger partial charge in [0.1, 0.15) is 12.4 Å². The van der Waals surface area contributed by atoms with Crippen molar-refractivity contribution >= 4 is 0 Å². The van der Waals surface area contributed by atoms with Crippen molar-refractivity contribution in [3.8, 4) is 5.75 Å². The first-order valence-corrected chi connectivity index (χ1v) is 6.59. The van der Waals surface area contributed by atoms with Gasteiger partial charge in [0.05, 0.1) is 6.61 Å². The molecular formula is C15H22O2. The molecule has 0 radical (unpaired) electrons. The Bertz CT molecular complexity index is 336. The molecule has 1 aromatic rings. The molecule has 1 aliphatic rings. The second-order valence-electron chi connectivity index (χ2n) is 5.22. The van der Waals surface area contributed by atoms with Gasteiger partial charge < -0.3 is 9.84 Å². The summed E-state index contributed by atoms with van der Waals surface area (Å²) in [6.45, 7) is 2.81. The van der Waals surface area contributed by atoms with Crippen LogP contribution in [0, 0.1) is 0 Å². The molecule has 0 spiro atoms. The maximum Gasteiger partial charge on any atom is 0.119 e. The van der Waals surface area contributed by atoms with Crippen LogP contribution in [0.15, 0.2) is 24.3 Å². The van der Waals surface area contributed by atoms with Crippen molar-refractivity contribution < 1.29 is 9.84 Å². The summed E-state index contributed by atoms with van der Waals surface area (Å²) in [6.07, 6.45) is 6.67. The lowest BCUT2D eigenvalue weighted by Gasteiger charge is -2.34. The molecule has 0 unspecified atom stereocenters. The van der Waals surface area contributed by atoms with Gasteiger partial charge in [-0.2, -0.15) is 0 Å². The average Bonchev–Trinajstić information content (AvgIpc) is 2.38. The first-order chi connectivity index (χ1) is 8.24. The lowest BCUT2D eigenvalue weighted by atomic mass is 9.71. The van der Waals surface area contributed by atoms with Crippen molar-refractivity contribution in [3.05, 3.63) is 29.8 Å². The van der Waals surface area contributed by atoms with Crippen LogP contribution in [-0.2, 0) is 5.41 Å². The van der Waals surface area contributed by atoms with E-state index in [0.717, 1.165) is 5.75 Å². The Kier molecular flexibility index (Phi) is 4.06. The molecule has 1 N–H and O–H groups in total. The van der Waals surface area contributed by atoms with E-state index in [1.165, 1.54) is 37.7 Å². The van der Waals surface area contributed by atoms with Crippen LogP contribution in [0.4, 0.5) is 0 Å². The van der Waals surface area contributed by atoms with E-state index in [1.54, 1.807) is 0 Å². The molecule has 0 aliphatic heterocycles. The van der Waals surface area contributed by atoms with Crippen LogP contribution in [0.2, 0.25) is 0 Å². The second-order valence-corrected chi connectivity index (χ2v) is 5.22. The van der Waals surface area contributed by atoms with Gasteiger partial charge in [0.25, 0.3) is 0 Å². The summed E-state index contributed by atoms with van der Waals surface area (Å²) in [5.74, 6) is 0.849. The summed E-state index contributed by atoms with van der Waals surface area (Å²) in [5, 5.41) is 8.70. The molecule has 1 aliphatic carbocycles. The summed E-state index contributed by atoms with van der Waals surface area (Å²) in [5.41, 5.74) is 1.78. The van der Waals surface area contributed by atoms with E-state index in [4.69, 9.17) is 9.84 Å². The number of ether oxygens (including phenoxy) is 1. The quantitative estimate of drug-likeness (QED) is 0.866. The van der Waals surface area contributed by atoms with E-state index in [1.807, 2.05) is 12.1 Å². The monoisotopic (exact) mass is 234 g/mol. The zero-order valence-electron chi connectivity index (χ0n) is 10.6. The highest BCUT2D eigenvalue weighted by Gasteiger charge is 2.28. The van der Waals surface area contributed by atoms with Crippen LogP contribution < -0.4 is 4.74 Å². The smallest absolute Gasteiger partial charge is 0.119 e. The molecule has 0 amide bonds. The minimum absolute atomic E-state index is 0.0689. The molecule has 2 nitrogen and oxygen atoms in total. The van der Waals surface area contributed by atoms with E-state index in [-0.39, 0.29) is 6.61 Å². The third-order valence-corrected chi connectivity index (χ3v) is 3.87. The zero-order valence-corrected chi connectivity index (χ0v) is 10.6. The molecule has 1 saturated carbocycles. The average molecular weight is 234 g/mol. The number of aliphatic hydroxyl groups is 1. The summed E-state index contributed by atoms with van der Waals surface area (Å²) >= 11 is 0. The Balaban J connectivity index is 2.06. The van der Waals surface area contributed by atoms with Crippen molar-refractivity contribution in [2.24, 2.45) is 0 Å². The highest BCUT2D eigenvalue weighted by molar-refractivity contribution is 5.32. The molecule has 1 fully saturated rings. The van der Waals surface area contributed by atoms with Gasteiger partial charge in [-0.1, -0.05) is 38.3 Å². The van der Waals surface area contributed by atoms with Gasteiger partial charge >= 0.3 is 0 Å². The number of benzene rings is 1. The van der Waals surface area contributed by atoms with Crippen molar-refractivity contribution in [2.45, 2.75) is 44.4 Å². The summed E-state index contributed by atoms with van der Waals surface area (Å²) in [7, 11) is 0. The Morgan fingerprint density at radius 1 is 1.12 bits per heavy atom. The van der Waals surface area contributed by atoms with E-state index in [9.17, 15) is 0 Å². The standard InChI is InChI=1S/C15H22O2/c1-15(9-3-2-4-10-15)13-5-7-14(8-6-13)17-12-11-16/h5-8,16H,2-4,9-12H2,1H3. The molecule has 2 rings (SSSR count). The topological polar surface area (TPSA) is 29.5 Å². The molecule has 1 aromatic carbocycles. The van der Waals surface area contributed by atoms with Crippen LogP contribution in [0.3, 0.4) is 0 Å². The fraction of sp³-hybridized carbons (Fsp3) is 0.600. The number of aliphatic hydroxyl groups excluding tert-OH is 1. The lowest BCUT2D eigenvalue weighted by Crippen LogP contribution is -2.24. The summed E-state index contributed by atoms with van der Waals surface area (Å²) in [4.78, 5) is 0. The Morgan fingerprint density at radius 2 is 1.76 bits per heavy atom. The predicted octanol–water partition coefficient (Wildman–Crippen LogP) is 3.28. The van der Waals surface area contributed by atoms with Crippen molar-refractivity contribution in [1.82, 2.24) is 0 Å². The first kappa shape index (κ1) is 12.4. The van der Waals surface area contributed by atoms with Crippen LogP contribution >= 0.6 is 0 Å². The minimum Gasteiger partial charge on any atom is -0.491 e. The maximum absolute atomic E-state index is 8.70. The van der Waals surface area contributed by atoms with Crippen molar-refractivity contribution in [1.29, 1.82) is 0 Å². The molecule has 0 atom stereocenters. The van der Waals surface area contributed by atoms with Gasteiger partial charge in [0, 0.05) is 0 Å². The van der Waals surface area contributed by atoms with E-state index in [0.29, 0.717) is 12.0 Å². The highest BCUT2D eigenvalue weighted by Crippen LogP contribution is 2.39. The van der Waals surface area contributed by atoms with Gasteiger partial charge in [0.2, 0.25) is 0 Å². The molecule has 2 heteroatoms. The van der Waals surface area contributed by atoms with Crippen molar-refractivity contribution in [2.75, 3.05) is 13.2 Å². The number of rotatable bonds is 4. The molecule has 17 heavy (non-hydrogen) atoms. The van der Waals surface area contributed by atoms with Crippen LogP contribution in [0.5, 0.6) is 5.75 Å². The molecule has 94 valence electrons. The normalized spacial score (nSPS) is 18.9. The van der Waals surface area contributed by atoms with Crippen molar-refractivity contribution in [3.63, 3.8) is 0 Å². The third-order valence-electron chi connectivity index (χ3n) is 3.87. The van der Waals surface area contributed by atoms with Gasteiger partial charge in [0.15, 0.2) is 0 Å². The minimum atomic E-state index is 0.0689. The Morgan fingerprint density at radius 3 is 2.35 bits per heavy atom. The first-order valence-electron chi connectivity index (χ1n) is 6.59. The highest BCUT2D eigenvalue weighted by atomic mass is 16.5. The Labute approximate surface area is 104 Å². The molecule has 0 heterocycles. The molecular weight excluding hydrogens is 212 g/mol. The molecule has 0 bridgehead atoms. The number of hydrogen-bond acceptors (Lipinski definition) is 2. The van der Waals surface area contributed by atoms with Gasteiger partial charge in [-0.25, -0.2) is 0 Å². The zero-order chi connectivity index (χ0) is 12.1. The van der Waals surface area contributed by atoms with E-state index >= 15 is 0 Å². The largest absolute Gasteiger partial charge is 0.491 e. The van der Waals surface area contributed by atoms with Crippen LogP contribution in [0.25, 0.3) is 0 Å². The van der Waals surface area contributed by atoms with Gasteiger partial charge in [-0.15, -0.1) is 0 Å². The summed E-state index contributed by atoms with van der Waals surface area (Å²) in [6, 6.07) is 8.39. The van der Waals surface area contributed by atoms with E-state index < -0.39 is 0 Å². The van der Waals surface area contributed by atoms with Crippen LogP contribution in [-0.4, -0.2) is 18.3 Å². The van der Waals surface area contributed by atoms with Gasteiger partial charge in [-0.3, -0.25) is 0 Å². The van der Waals surface area contributed by atoms with Crippen LogP contribution in [0.1, 0.15) is 44.6 Å². The SMILES string of the molecule is CC1(c2ccc(OCCO)cc2)CCCCC1. The van der Waals surface area contributed by atoms with E-state index in [2.05, 4.69) is 19.1 Å². The fourth-order valence-corrected chi connectivity index (χ4v) is 2.74. The second kappa shape index (κ2) is 5.54. The third kappa shape index (κ3) is 3.01.